The summed E-state index contributed by atoms with van der Waals surface area (Å²) in [6.45, 7) is 6.05. The lowest BCUT2D eigenvalue weighted by molar-refractivity contribution is 0.102. The van der Waals surface area contributed by atoms with Gasteiger partial charge in [0.1, 0.15) is 0 Å². The molecule has 2 aromatic rings. The molecule has 0 aliphatic carbocycles. The molecule has 0 unspecified atom stereocenters. The molecule has 1 heterocycles. The number of aryl methyl sites for hydroxylation is 1. The highest BCUT2D eigenvalue weighted by Crippen LogP contribution is 2.23. The van der Waals surface area contributed by atoms with Gasteiger partial charge < -0.3 is 0 Å². The number of benzene rings is 1. The minimum Gasteiger partial charge on any atom is -0.298 e. The normalized spacial score (nSPS) is 11.7. The van der Waals surface area contributed by atoms with Gasteiger partial charge in [0.05, 0.1) is 10.5 Å². The minimum absolute atomic E-state index is 0.0480. The summed E-state index contributed by atoms with van der Waals surface area (Å²) in [5, 5.41) is 3.14. The first-order chi connectivity index (χ1) is 11.2. The number of thiazole rings is 1. The van der Waals surface area contributed by atoms with Gasteiger partial charge in [0, 0.05) is 22.1 Å². The van der Waals surface area contributed by atoms with E-state index >= 15 is 0 Å². The lowest BCUT2D eigenvalue weighted by Crippen LogP contribution is -2.27. The van der Waals surface area contributed by atoms with Gasteiger partial charge in [0.25, 0.3) is 5.91 Å². The van der Waals surface area contributed by atoms with Gasteiger partial charge in [-0.15, -0.1) is 11.3 Å². The molecule has 2 N–H and O–H groups in total. The number of sulfonamides is 1. The van der Waals surface area contributed by atoms with E-state index in [2.05, 4.69) is 31.0 Å². The van der Waals surface area contributed by atoms with Crippen LogP contribution in [0, 0.1) is 12.8 Å². The van der Waals surface area contributed by atoms with Gasteiger partial charge in [-0.1, -0.05) is 13.8 Å². The molecule has 0 radical (unpaired) electrons. The third-order valence-electron chi connectivity index (χ3n) is 3.02. The number of nitrogens with one attached hydrogen (secondary N) is 2. The van der Waals surface area contributed by atoms with Gasteiger partial charge in [0.15, 0.2) is 5.13 Å². The molecule has 1 aromatic heterocycles. The summed E-state index contributed by atoms with van der Waals surface area (Å²) in [7, 11) is -3.66. The second-order valence-corrected chi connectivity index (χ2v) is 9.47. The van der Waals surface area contributed by atoms with Crippen molar-refractivity contribution in [1.82, 2.24) is 9.71 Å². The number of halogens is 1. The zero-order chi connectivity index (χ0) is 17.9. The topological polar surface area (TPSA) is 88.2 Å². The van der Waals surface area contributed by atoms with E-state index < -0.39 is 15.9 Å². The average Bonchev–Trinajstić information content (AvgIpc) is 2.90. The van der Waals surface area contributed by atoms with Gasteiger partial charge in [-0.2, -0.15) is 0 Å². The van der Waals surface area contributed by atoms with Gasteiger partial charge >= 0.3 is 0 Å². The van der Waals surface area contributed by atoms with Gasteiger partial charge in [-0.05, 0) is 47.0 Å². The maximum absolute atomic E-state index is 12.4. The molecule has 0 fully saturated rings. The second kappa shape index (κ2) is 7.73. The summed E-state index contributed by atoms with van der Waals surface area (Å²) < 4.78 is 27.7. The Kier molecular flexibility index (Phi) is 6.13. The van der Waals surface area contributed by atoms with Crippen molar-refractivity contribution in [2.24, 2.45) is 5.92 Å². The lowest BCUT2D eigenvalue weighted by atomic mass is 10.2. The predicted octanol–water partition coefficient (Wildman–Crippen LogP) is 3.40. The van der Waals surface area contributed by atoms with Crippen molar-refractivity contribution in [3.63, 3.8) is 0 Å². The van der Waals surface area contributed by atoms with Gasteiger partial charge in [-0.3, -0.25) is 10.1 Å². The molecule has 0 bridgehead atoms. The predicted molar refractivity (Wildman–Crippen MR) is 99.0 cm³/mol. The van der Waals surface area contributed by atoms with Crippen LogP contribution in [0.4, 0.5) is 5.13 Å². The molecule has 9 heteroatoms. The zero-order valence-corrected chi connectivity index (χ0v) is 16.7. The summed E-state index contributed by atoms with van der Waals surface area (Å²) >= 11 is 4.63. The lowest BCUT2D eigenvalue weighted by Gasteiger charge is -2.11. The first-order valence-corrected chi connectivity index (χ1v) is 10.3. The molecule has 0 saturated heterocycles. The summed E-state index contributed by atoms with van der Waals surface area (Å²) in [6, 6.07) is 4.35. The Labute approximate surface area is 153 Å². The molecule has 0 spiro atoms. The van der Waals surface area contributed by atoms with E-state index in [0.29, 0.717) is 16.1 Å². The maximum atomic E-state index is 12.4. The van der Waals surface area contributed by atoms with Crippen molar-refractivity contribution in [1.29, 1.82) is 0 Å². The number of anilines is 1. The number of nitrogens with zero attached hydrogens (tertiary/aromatic N) is 1. The minimum atomic E-state index is -3.66. The molecule has 0 saturated carbocycles. The number of hydrogen-bond donors (Lipinski definition) is 2. The Balaban J connectivity index is 2.26. The molecule has 0 aliphatic heterocycles. The smallest absolute Gasteiger partial charge is 0.258 e. The van der Waals surface area contributed by atoms with Gasteiger partial charge in [-0.25, -0.2) is 18.1 Å². The van der Waals surface area contributed by atoms with Crippen LogP contribution in [0.25, 0.3) is 0 Å². The van der Waals surface area contributed by atoms with Crippen LogP contribution < -0.4 is 10.0 Å². The fourth-order valence-electron chi connectivity index (χ4n) is 1.78. The van der Waals surface area contributed by atoms with Crippen molar-refractivity contribution in [3.8, 4) is 0 Å². The molecular weight excluding hydrogens is 414 g/mol. The van der Waals surface area contributed by atoms with E-state index in [1.165, 1.54) is 23.5 Å². The fourth-order valence-corrected chi connectivity index (χ4v) is 4.11. The van der Waals surface area contributed by atoms with Crippen molar-refractivity contribution in [2.75, 3.05) is 11.9 Å². The monoisotopic (exact) mass is 431 g/mol. The molecule has 1 aromatic carbocycles. The summed E-state index contributed by atoms with van der Waals surface area (Å²) in [6.07, 6.45) is 1.66. The standard InChI is InChI=1S/C15H18BrN3O3S2/c1-9(2)7-18-24(21,22)11-4-5-13(16)12(6-11)14(20)19-15-17-8-10(3)23-15/h4-6,8-9,18H,7H2,1-3H3,(H,17,19,20). The number of hydrogen-bond acceptors (Lipinski definition) is 5. The van der Waals surface area contributed by atoms with E-state index in [1.54, 1.807) is 12.3 Å². The number of rotatable bonds is 6. The molecular formula is C15H18BrN3O3S2. The van der Waals surface area contributed by atoms with Crippen molar-refractivity contribution >= 4 is 48.3 Å². The van der Waals surface area contributed by atoms with E-state index in [1.807, 2.05) is 20.8 Å². The Morgan fingerprint density at radius 3 is 2.67 bits per heavy atom. The largest absolute Gasteiger partial charge is 0.298 e. The first kappa shape index (κ1) is 19.0. The van der Waals surface area contributed by atoms with Crippen LogP contribution in [-0.2, 0) is 10.0 Å². The van der Waals surface area contributed by atoms with Crippen LogP contribution in [0.5, 0.6) is 0 Å². The molecule has 1 amide bonds. The molecule has 2 rings (SSSR count). The third kappa shape index (κ3) is 4.85. The van der Waals surface area contributed by atoms with Crippen LogP contribution in [0.3, 0.4) is 0 Å². The highest BCUT2D eigenvalue weighted by atomic mass is 79.9. The summed E-state index contributed by atoms with van der Waals surface area (Å²) in [5.74, 6) is -0.233. The zero-order valence-electron chi connectivity index (χ0n) is 13.5. The highest BCUT2D eigenvalue weighted by Gasteiger charge is 2.19. The fraction of sp³-hybridized carbons (Fsp3) is 0.333. The van der Waals surface area contributed by atoms with Gasteiger partial charge in [0.2, 0.25) is 10.0 Å². The average molecular weight is 432 g/mol. The quantitative estimate of drug-likeness (QED) is 0.733. The summed E-state index contributed by atoms with van der Waals surface area (Å²) in [4.78, 5) is 17.5. The van der Waals surface area contributed by atoms with Crippen LogP contribution in [0.1, 0.15) is 29.1 Å². The SMILES string of the molecule is Cc1cnc(NC(=O)c2cc(S(=O)(=O)NCC(C)C)ccc2Br)s1. The molecule has 24 heavy (non-hydrogen) atoms. The number of carbonyl (C=O) groups excluding carboxylic acids is 1. The molecule has 0 aliphatic rings. The Morgan fingerprint density at radius 2 is 2.08 bits per heavy atom. The maximum Gasteiger partial charge on any atom is 0.258 e. The molecule has 6 nitrogen and oxygen atoms in total. The highest BCUT2D eigenvalue weighted by molar-refractivity contribution is 9.10. The van der Waals surface area contributed by atoms with Crippen molar-refractivity contribution in [3.05, 3.63) is 39.3 Å². The molecule has 0 atom stereocenters. The van der Waals surface area contributed by atoms with E-state index in [9.17, 15) is 13.2 Å². The summed E-state index contributed by atoms with van der Waals surface area (Å²) in [5.41, 5.74) is 0.232. The Hall–Kier alpha value is -1.29. The number of aromatic nitrogens is 1. The van der Waals surface area contributed by atoms with Crippen LogP contribution in [0.2, 0.25) is 0 Å². The first-order valence-electron chi connectivity index (χ1n) is 7.22. The van der Waals surface area contributed by atoms with E-state index in [-0.39, 0.29) is 16.4 Å². The Bertz CT molecular complexity index is 847. The number of amides is 1. The van der Waals surface area contributed by atoms with Crippen molar-refractivity contribution in [2.45, 2.75) is 25.7 Å². The van der Waals surface area contributed by atoms with E-state index in [4.69, 9.17) is 0 Å². The third-order valence-corrected chi connectivity index (χ3v) is 5.96. The number of carbonyl (C=O) groups is 1. The van der Waals surface area contributed by atoms with Crippen molar-refractivity contribution < 1.29 is 13.2 Å². The Morgan fingerprint density at radius 1 is 1.38 bits per heavy atom. The van der Waals surface area contributed by atoms with E-state index in [0.717, 1.165) is 4.88 Å². The molecule has 130 valence electrons. The second-order valence-electron chi connectivity index (χ2n) is 5.62. The van der Waals surface area contributed by atoms with Crippen LogP contribution in [0.15, 0.2) is 33.8 Å². The van der Waals surface area contributed by atoms with Crippen LogP contribution >= 0.6 is 27.3 Å². The van der Waals surface area contributed by atoms with Crippen LogP contribution in [-0.4, -0.2) is 25.9 Å².